The highest BCUT2D eigenvalue weighted by molar-refractivity contribution is 7.80. The Bertz CT molecular complexity index is 506. The van der Waals surface area contributed by atoms with Crippen LogP contribution in [0.5, 0.6) is 0 Å². The molecule has 3 rings (SSSR count). The van der Waals surface area contributed by atoms with Crippen molar-refractivity contribution >= 4 is 18.5 Å². The third-order valence-electron chi connectivity index (χ3n) is 5.21. The zero-order valence-electron chi connectivity index (χ0n) is 12.7. The first kappa shape index (κ1) is 15.0. The van der Waals surface area contributed by atoms with Gasteiger partial charge < -0.3 is 4.90 Å². The van der Waals surface area contributed by atoms with E-state index in [9.17, 15) is 4.79 Å². The topological polar surface area (TPSA) is 20.3 Å². The number of hydrogen-bond donors (Lipinski definition) is 1. The van der Waals surface area contributed by atoms with Crippen LogP contribution in [-0.2, 0) is 6.42 Å². The second kappa shape index (κ2) is 6.43. The zero-order valence-corrected chi connectivity index (χ0v) is 13.6. The summed E-state index contributed by atoms with van der Waals surface area (Å²) in [6.07, 6.45) is 8.70. The standard InChI is InChI=1S/C18H25NOS/c20-17-16-8-4-3-7-15(16)9-12-19(17)13-18(14-21)10-5-1-2-6-11-18/h3-4,7-8,21H,1-2,5-6,9-14H2. The molecule has 1 fully saturated rings. The maximum atomic E-state index is 12.7. The fourth-order valence-electron chi connectivity index (χ4n) is 3.87. The number of amides is 1. The number of hydrogen-bond acceptors (Lipinski definition) is 2. The lowest BCUT2D eigenvalue weighted by molar-refractivity contribution is 0.0639. The average molecular weight is 303 g/mol. The van der Waals surface area contributed by atoms with Crippen LogP contribution in [0.4, 0.5) is 0 Å². The van der Waals surface area contributed by atoms with Crippen LogP contribution in [-0.4, -0.2) is 29.6 Å². The molecule has 0 radical (unpaired) electrons. The molecule has 0 unspecified atom stereocenters. The summed E-state index contributed by atoms with van der Waals surface area (Å²) in [7, 11) is 0. The van der Waals surface area contributed by atoms with Crippen molar-refractivity contribution in [1.29, 1.82) is 0 Å². The van der Waals surface area contributed by atoms with Gasteiger partial charge in [0.1, 0.15) is 0 Å². The van der Waals surface area contributed by atoms with Gasteiger partial charge in [-0.15, -0.1) is 0 Å². The maximum absolute atomic E-state index is 12.7. The van der Waals surface area contributed by atoms with Gasteiger partial charge in [0.15, 0.2) is 0 Å². The second-order valence-corrected chi connectivity index (χ2v) is 7.02. The van der Waals surface area contributed by atoms with Gasteiger partial charge in [-0.1, -0.05) is 43.9 Å². The minimum absolute atomic E-state index is 0.224. The van der Waals surface area contributed by atoms with E-state index in [0.717, 1.165) is 30.8 Å². The molecule has 1 amide bonds. The van der Waals surface area contributed by atoms with Crippen molar-refractivity contribution in [3.63, 3.8) is 0 Å². The van der Waals surface area contributed by atoms with E-state index in [-0.39, 0.29) is 11.3 Å². The Balaban J connectivity index is 1.77. The molecule has 0 saturated heterocycles. The minimum atomic E-state index is 0.224. The molecule has 0 aromatic heterocycles. The van der Waals surface area contributed by atoms with E-state index in [4.69, 9.17) is 0 Å². The molecular weight excluding hydrogens is 278 g/mol. The summed E-state index contributed by atoms with van der Waals surface area (Å²) in [5, 5.41) is 0. The van der Waals surface area contributed by atoms with Crippen LogP contribution in [0.3, 0.4) is 0 Å². The lowest BCUT2D eigenvalue weighted by atomic mass is 9.81. The molecule has 114 valence electrons. The molecule has 0 bridgehead atoms. The van der Waals surface area contributed by atoms with Crippen molar-refractivity contribution in [3.8, 4) is 0 Å². The molecule has 1 aliphatic heterocycles. The fraction of sp³-hybridized carbons (Fsp3) is 0.611. The quantitative estimate of drug-likeness (QED) is 0.662. The predicted molar refractivity (Wildman–Crippen MR) is 90.0 cm³/mol. The monoisotopic (exact) mass is 303 g/mol. The van der Waals surface area contributed by atoms with Crippen LogP contribution < -0.4 is 0 Å². The van der Waals surface area contributed by atoms with E-state index in [1.165, 1.54) is 44.1 Å². The summed E-state index contributed by atoms with van der Waals surface area (Å²) in [4.78, 5) is 14.8. The van der Waals surface area contributed by atoms with E-state index >= 15 is 0 Å². The summed E-state index contributed by atoms with van der Waals surface area (Å²) in [5.74, 6) is 1.13. The third-order valence-corrected chi connectivity index (χ3v) is 5.88. The van der Waals surface area contributed by atoms with E-state index in [1.54, 1.807) is 0 Å². The van der Waals surface area contributed by atoms with Crippen molar-refractivity contribution in [2.75, 3.05) is 18.8 Å². The summed E-state index contributed by atoms with van der Waals surface area (Å²) in [6.45, 7) is 1.76. The molecule has 2 aliphatic rings. The SMILES string of the molecule is O=C1c2ccccc2CCN1CC1(CS)CCCCCC1. The summed E-state index contributed by atoms with van der Waals surface area (Å²) in [6, 6.07) is 8.07. The minimum Gasteiger partial charge on any atom is -0.338 e. The molecule has 1 aliphatic carbocycles. The van der Waals surface area contributed by atoms with Crippen molar-refractivity contribution < 1.29 is 4.79 Å². The van der Waals surface area contributed by atoms with Gasteiger partial charge in [0.05, 0.1) is 0 Å². The van der Waals surface area contributed by atoms with Crippen molar-refractivity contribution in [2.24, 2.45) is 5.41 Å². The molecule has 0 spiro atoms. The van der Waals surface area contributed by atoms with Gasteiger partial charge in [-0.3, -0.25) is 4.79 Å². The van der Waals surface area contributed by atoms with E-state index < -0.39 is 0 Å². The molecule has 1 saturated carbocycles. The highest BCUT2D eigenvalue weighted by atomic mass is 32.1. The first-order valence-corrected chi connectivity index (χ1v) is 8.85. The van der Waals surface area contributed by atoms with Gasteiger partial charge in [0, 0.05) is 18.7 Å². The Labute approximate surface area is 133 Å². The van der Waals surface area contributed by atoms with Crippen LogP contribution in [0, 0.1) is 5.41 Å². The molecule has 21 heavy (non-hydrogen) atoms. The summed E-state index contributed by atoms with van der Waals surface area (Å²) >= 11 is 4.64. The molecule has 1 aromatic carbocycles. The van der Waals surface area contributed by atoms with Crippen LogP contribution in [0.15, 0.2) is 24.3 Å². The third kappa shape index (κ3) is 3.13. The molecule has 1 heterocycles. The number of carbonyl (C=O) groups excluding carboxylic acids is 1. The average Bonchev–Trinajstić information content (AvgIpc) is 2.77. The van der Waals surface area contributed by atoms with Crippen LogP contribution >= 0.6 is 12.6 Å². The van der Waals surface area contributed by atoms with Gasteiger partial charge in [0.25, 0.3) is 5.91 Å². The largest absolute Gasteiger partial charge is 0.338 e. The van der Waals surface area contributed by atoms with Gasteiger partial charge in [-0.05, 0) is 42.1 Å². The highest BCUT2D eigenvalue weighted by Crippen LogP contribution is 2.37. The Morgan fingerprint density at radius 1 is 1.10 bits per heavy atom. The predicted octanol–water partition coefficient (Wildman–Crippen LogP) is 3.96. The Morgan fingerprint density at radius 3 is 2.52 bits per heavy atom. The number of fused-ring (bicyclic) bond motifs is 1. The molecule has 2 nitrogen and oxygen atoms in total. The Hall–Kier alpha value is -0.960. The van der Waals surface area contributed by atoms with Gasteiger partial charge in [-0.2, -0.15) is 12.6 Å². The van der Waals surface area contributed by atoms with E-state index in [2.05, 4.69) is 23.6 Å². The first-order valence-electron chi connectivity index (χ1n) is 8.22. The fourth-order valence-corrected chi connectivity index (χ4v) is 4.29. The number of nitrogens with zero attached hydrogens (tertiary/aromatic N) is 1. The number of carbonyl (C=O) groups is 1. The molecular formula is C18H25NOS. The Kier molecular flexibility index (Phi) is 4.58. The van der Waals surface area contributed by atoms with E-state index in [1.807, 2.05) is 18.2 Å². The van der Waals surface area contributed by atoms with Crippen molar-refractivity contribution in [3.05, 3.63) is 35.4 Å². The Morgan fingerprint density at radius 2 is 1.81 bits per heavy atom. The lowest BCUT2D eigenvalue weighted by Crippen LogP contribution is -2.45. The van der Waals surface area contributed by atoms with Gasteiger partial charge in [-0.25, -0.2) is 0 Å². The molecule has 3 heteroatoms. The number of rotatable bonds is 3. The molecule has 1 aromatic rings. The zero-order chi connectivity index (χ0) is 14.7. The van der Waals surface area contributed by atoms with Crippen LogP contribution in [0.2, 0.25) is 0 Å². The van der Waals surface area contributed by atoms with Gasteiger partial charge >= 0.3 is 0 Å². The summed E-state index contributed by atoms with van der Waals surface area (Å²) in [5.41, 5.74) is 2.35. The van der Waals surface area contributed by atoms with E-state index in [0.29, 0.717) is 0 Å². The van der Waals surface area contributed by atoms with Gasteiger partial charge in [0.2, 0.25) is 0 Å². The highest BCUT2D eigenvalue weighted by Gasteiger charge is 2.35. The normalized spacial score (nSPS) is 21.8. The smallest absolute Gasteiger partial charge is 0.254 e. The lowest BCUT2D eigenvalue weighted by Gasteiger charge is -2.39. The maximum Gasteiger partial charge on any atom is 0.254 e. The van der Waals surface area contributed by atoms with Crippen LogP contribution in [0.1, 0.15) is 54.4 Å². The number of benzene rings is 1. The van der Waals surface area contributed by atoms with Crippen molar-refractivity contribution in [2.45, 2.75) is 44.9 Å². The second-order valence-electron chi connectivity index (χ2n) is 6.71. The van der Waals surface area contributed by atoms with Crippen LogP contribution in [0.25, 0.3) is 0 Å². The molecule has 0 atom stereocenters. The first-order chi connectivity index (χ1) is 10.2. The van der Waals surface area contributed by atoms with Crippen molar-refractivity contribution in [1.82, 2.24) is 4.90 Å². The number of thiol groups is 1. The molecule has 0 N–H and O–H groups in total. The summed E-state index contributed by atoms with van der Waals surface area (Å²) < 4.78 is 0.